The highest BCUT2D eigenvalue weighted by Gasteiger charge is 2.52. The van der Waals surface area contributed by atoms with Crippen LogP contribution in [0.2, 0.25) is 0 Å². The van der Waals surface area contributed by atoms with Crippen molar-refractivity contribution in [2.45, 2.75) is 56.8 Å². The lowest BCUT2D eigenvalue weighted by atomic mass is 9.95. The normalized spacial score (nSPS) is 26.3. The van der Waals surface area contributed by atoms with E-state index in [1.165, 1.54) is 5.56 Å². The predicted molar refractivity (Wildman–Crippen MR) is 118 cm³/mol. The molecule has 0 saturated carbocycles. The van der Waals surface area contributed by atoms with E-state index in [-0.39, 0.29) is 23.7 Å². The first-order valence-electron chi connectivity index (χ1n) is 10.9. The molecule has 158 valence electrons. The average molecular weight is 417 g/mol. The maximum atomic E-state index is 13.4. The fourth-order valence-electron chi connectivity index (χ4n) is 4.86. The molecule has 7 heteroatoms. The Balaban J connectivity index is 1.50. The molecule has 29 heavy (non-hydrogen) atoms. The Bertz CT molecular complexity index is 715. The van der Waals surface area contributed by atoms with Gasteiger partial charge in [0.15, 0.2) is 5.11 Å². The molecule has 6 nitrogen and oxygen atoms in total. The molecule has 2 N–H and O–H groups in total. The Morgan fingerprint density at radius 2 is 2.07 bits per heavy atom. The van der Waals surface area contributed by atoms with Gasteiger partial charge in [-0.1, -0.05) is 30.3 Å². The van der Waals surface area contributed by atoms with Gasteiger partial charge in [0, 0.05) is 45.6 Å². The smallest absolute Gasteiger partial charge is 0.241 e. The number of benzene rings is 1. The van der Waals surface area contributed by atoms with E-state index in [0.717, 1.165) is 63.5 Å². The minimum Gasteiger partial charge on any atom is -0.376 e. The van der Waals surface area contributed by atoms with Crippen LogP contribution in [0.1, 0.15) is 38.2 Å². The van der Waals surface area contributed by atoms with E-state index in [9.17, 15) is 4.79 Å². The summed E-state index contributed by atoms with van der Waals surface area (Å²) in [5.41, 5.74) is 0.902. The molecule has 0 radical (unpaired) electrons. The number of amides is 1. The van der Waals surface area contributed by atoms with Crippen LogP contribution in [0.5, 0.6) is 0 Å². The zero-order valence-electron chi connectivity index (χ0n) is 17.2. The van der Waals surface area contributed by atoms with E-state index in [2.05, 4.69) is 39.5 Å². The molecule has 3 heterocycles. The zero-order chi connectivity index (χ0) is 20.3. The monoisotopic (exact) mass is 416 g/mol. The Morgan fingerprint density at radius 3 is 2.72 bits per heavy atom. The number of rotatable bonds is 5. The number of likely N-dealkylation sites (tertiary alicyclic amines) is 1. The molecule has 3 fully saturated rings. The third-order valence-electron chi connectivity index (χ3n) is 6.42. The largest absolute Gasteiger partial charge is 0.376 e. The van der Waals surface area contributed by atoms with Crippen molar-refractivity contribution in [2.24, 2.45) is 0 Å². The van der Waals surface area contributed by atoms with E-state index in [1.807, 2.05) is 18.2 Å². The molecule has 3 aliphatic heterocycles. The highest BCUT2D eigenvalue weighted by atomic mass is 32.1. The molecule has 4 rings (SSSR count). The number of hydrogen-bond acceptors (Lipinski definition) is 4. The molecule has 0 bridgehead atoms. The van der Waals surface area contributed by atoms with Crippen LogP contribution < -0.4 is 10.6 Å². The van der Waals surface area contributed by atoms with Crippen LogP contribution in [0.4, 0.5) is 0 Å². The third kappa shape index (κ3) is 4.42. The fourth-order valence-corrected chi connectivity index (χ4v) is 5.19. The number of carbonyl (C=O) groups is 1. The second-order valence-electron chi connectivity index (χ2n) is 8.32. The van der Waals surface area contributed by atoms with Crippen LogP contribution in [0, 0.1) is 0 Å². The van der Waals surface area contributed by atoms with Crippen LogP contribution in [0.15, 0.2) is 30.3 Å². The molecule has 1 spiro atoms. The van der Waals surface area contributed by atoms with Crippen molar-refractivity contribution in [3.8, 4) is 0 Å². The molecule has 0 aliphatic carbocycles. The van der Waals surface area contributed by atoms with Crippen molar-refractivity contribution < 1.29 is 9.53 Å². The maximum absolute atomic E-state index is 13.4. The SMILES string of the molecule is CCNC(=S)N1CCC2(CC1)NC(Cc1ccccc1)C(=O)N2CC1CCCO1. The van der Waals surface area contributed by atoms with Gasteiger partial charge in [-0.2, -0.15) is 0 Å². The van der Waals surface area contributed by atoms with Gasteiger partial charge in [-0.05, 0) is 44.0 Å². The van der Waals surface area contributed by atoms with Crippen LogP contribution in [-0.4, -0.2) is 71.4 Å². The van der Waals surface area contributed by atoms with Crippen LogP contribution in [-0.2, 0) is 16.0 Å². The lowest BCUT2D eigenvalue weighted by Gasteiger charge is -2.45. The van der Waals surface area contributed by atoms with E-state index in [1.54, 1.807) is 0 Å². The van der Waals surface area contributed by atoms with Gasteiger partial charge in [0.25, 0.3) is 0 Å². The zero-order valence-corrected chi connectivity index (χ0v) is 18.0. The topological polar surface area (TPSA) is 56.8 Å². The lowest BCUT2D eigenvalue weighted by Crippen LogP contribution is -2.61. The van der Waals surface area contributed by atoms with Crippen molar-refractivity contribution >= 4 is 23.2 Å². The molecule has 2 atom stereocenters. The molecule has 1 aromatic carbocycles. The van der Waals surface area contributed by atoms with E-state index in [0.29, 0.717) is 6.54 Å². The van der Waals surface area contributed by atoms with Crippen molar-refractivity contribution in [3.63, 3.8) is 0 Å². The fraction of sp³-hybridized carbons (Fsp3) is 0.636. The van der Waals surface area contributed by atoms with Crippen molar-refractivity contribution in [2.75, 3.05) is 32.8 Å². The van der Waals surface area contributed by atoms with E-state index in [4.69, 9.17) is 17.0 Å². The summed E-state index contributed by atoms with van der Waals surface area (Å²) < 4.78 is 5.88. The van der Waals surface area contributed by atoms with Crippen molar-refractivity contribution in [1.29, 1.82) is 0 Å². The minimum absolute atomic E-state index is 0.161. The maximum Gasteiger partial charge on any atom is 0.241 e. The summed E-state index contributed by atoms with van der Waals surface area (Å²) in [5, 5.41) is 7.82. The molecule has 0 aromatic heterocycles. The first-order valence-corrected chi connectivity index (χ1v) is 11.3. The van der Waals surface area contributed by atoms with Crippen molar-refractivity contribution in [1.82, 2.24) is 20.4 Å². The Hall–Kier alpha value is -1.70. The number of ether oxygens (including phenoxy) is 1. The lowest BCUT2D eigenvalue weighted by molar-refractivity contribution is -0.135. The van der Waals surface area contributed by atoms with Gasteiger partial charge in [-0.15, -0.1) is 0 Å². The van der Waals surface area contributed by atoms with Gasteiger partial charge in [-0.3, -0.25) is 10.1 Å². The second kappa shape index (κ2) is 8.98. The highest BCUT2D eigenvalue weighted by molar-refractivity contribution is 7.80. The van der Waals surface area contributed by atoms with Crippen LogP contribution in [0.3, 0.4) is 0 Å². The standard InChI is InChI=1S/C22H32N4O2S/c1-2-23-21(29)25-12-10-22(11-13-25)24-19(15-17-7-4-3-5-8-17)20(27)26(22)16-18-9-6-14-28-18/h3-5,7-8,18-19,24H,2,6,9-16H2,1H3,(H,23,29). The highest BCUT2D eigenvalue weighted by Crippen LogP contribution is 2.34. The predicted octanol–water partition coefficient (Wildman–Crippen LogP) is 1.89. The number of nitrogens with zero attached hydrogens (tertiary/aromatic N) is 2. The average Bonchev–Trinajstić information content (AvgIpc) is 3.33. The number of piperidine rings is 1. The first kappa shape index (κ1) is 20.6. The Labute approximate surface area is 179 Å². The first-order chi connectivity index (χ1) is 14.1. The summed E-state index contributed by atoms with van der Waals surface area (Å²) >= 11 is 5.51. The molecular formula is C22H32N4O2S. The summed E-state index contributed by atoms with van der Waals surface area (Å²) in [5.74, 6) is 0.215. The van der Waals surface area contributed by atoms with Gasteiger partial charge in [0.2, 0.25) is 5.91 Å². The van der Waals surface area contributed by atoms with E-state index < -0.39 is 0 Å². The number of thiocarbonyl (C=S) groups is 1. The van der Waals surface area contributed by atoms with Gasteiger partial charge in [0.1, 0.15) is 0 Å². The van der Waals surface area contributed by atoms with Gasteiger partial charge in [-0.25, -0.2) is 0 Å². The number of nitrogens with one attached hydrogen (secondary N) is 2. The summed E-state index contributed by atoms with van der Waals surface area (Å²) in [7, 11) is 0. The van der Waals surface area contributed by atoms with Gasteiger partial charge in [0.05, 0.1) is 17.8 Å². The molecule has 3 saturated heterocycles. The Morgan fingerprint density at radius 1 is 1.31 bits per heavy atom. The minimum atomic E-state index is -0.291. The number of hydrogen-bond donors (Lipinski definition) is 2. The quantitative estimate of drug-likeness (QED) is 0.715. The summed E-state index contributed by atoms with van der Waals surface area (Å²) in [4.78, 5) is 17.8. The summed E-state index contributed by atoms with van der Waals surface area (Å²) in [6.07, 6.45) is 4.77. The van der Waals surface area contributed by atoms with Crippen molar-refractivity contribution in [3.05, 3.63) is 35.9 Å². The second-order valence-corrected chi connectivity index (χ2v) is 8.71. The Kier molecular flexibility index (Phi) is 6.37. The number of carbonyl (C=O) groups excluding carboxylic acids is 1. The van der Waals surface area contributed by atoms with Crippen LogP contribution >= 0.6 is 12.2 Å². The van der Waals surface area contributed by atoms with E-state index >= 15 is 0 Å². The molecule has 3 aliphatic rings. The molecular weight excluding hydrogens is 384 g/mol. The molecule has 1 aromatic rings. The van der Waals surface area contributed by atoms with Crippen LogP contribution in [0.25, 0.3) is 0 Å². The summed E-state index contributed by atoms with van der Waals surface area (Å²) in [6.45, 7) is 6.10. The van der Waals surface area contributed by atoms with Gasteiger partial charge >= 0.3 is 0 Å². The summed E-state index contributed by atoms with van der Waals surface area (Å²) in [6, 6.07) is 10.1. The molecule has 2 unspecified atom stereocenters. The third-order valence-corrected chi connectivity index (χ3v) is 6.82. The molecule has 1 amide bonds. The van der Waals surface area contributed by atoms with Gasteiger partial charge < -0.3 is 19.9 Å².